The summed E-state index contributed by atoms with van der Waals surface area (Å²) < 4.78 is 49.4. The summed E-state index contributed by atoms with van der Waals surface area (Å²) in [6, 6.07) is 39.1. The third-order valence-corrected chi connectivity index (χ3v) is 8.25. The van der Waals surface area contributed by atoms with Crippen molar-refractivity contribution in [3.05, 3.63) is 146 Å². The van der Waals surface area contributed by atoms with Gasteiger partial charge in [0.2, 0.25) is 0 Å². The first-order valence-electron chi connectivity index (χ1n) is 17.2. The molecule has 1 heterocycles. The lowest BCUT2D eigenvalue weighted by Crippen LogP contribution is -2.14. The topological polar surface area (TPSA) is 73.8 Å². The smallest absolute Gasteiger partial charge is 0.162 e. The van der Waals surface area contributed by atoms with E-state index in [1.54, 1.807) is 0 Å². The Morgan fingerprint density at radius 3 is 0.846 bits per heavy atom. The highest BCUT2D eigenvalue weighted by molar-refractivity contribution is 5.87. The van der Waals surface area contributed by atoms with Crippen molar-refractivity contribution in [1.29, 1.82) is 0 Å². The molecule has 0 spiro atoms. The Balaban J connectivity index is 1.12. The molecule has 0 fully saturated rings. The summed E-state index contributed by atoms with van der Waals surface area (Å²) in [5.74, 6) is 4.80. The van der Waals surface area contributed by atoms with Crippen LogP contribution < -0.4 is 37.9 Å². The standard InChI is InChI=1S/C44H40O8/c1-31-27-49-39-17-9-7-15-37(39)45-19-21-47-41-23-33-11-3-5-13-35(33)25-43(41)51-29-32(2)30-52-44-26-36-14-6-4-12-34(36)24-42(44)48-22-20-46-38-16-8-10-18-40(38)50-28-31/h3-18,23-26H,1-2,19-22,27-30H2. The van der Waals surface area contributed by atoms with E-state index in [4.69, 9.17) is 37.9 Å². The second-order valence-corrected chi connectivity index (χ2v) is 12.2. The quantitative estimate of drug-likeness (QED) is 0.146. The lowest BCUT2D eigenvalue weighted by molar-refractivity contribution is 0.197. The van der Waals surface area contributed by atoms with Gasteiger partial charge in [0.05, 0.1) is 0 Å². The normalized spacial score (nSPS) is 14.8. The monoisotopic (exact) mass is 696 g/mol. The largest absolute Gasteiger partial charge is 0.486 e. The van der Waals surface area contributed by atoms with Gasteiger partial charge >= 0.3 is 0 Å². The van der Waals surface area contributed by atoms with Crippen LogP contribution in [0.2, 0.25) is 0 Å². The van der Waals surface area contributed by atoms with Crippen LogP contribution >= 0.6 is 0 Å². The molecule has 7 rings (SSSR count). The van der Waals surface area contributed by atoms with E-state index in [-0.39, 0.29) is 52.9 Å². The van der Waals surface area contributed by atoms with Crippen molar-refractivity contribution in [1.82, 2.24) is 0 Å². The maximum Gasteiger partial charge on any atom is 0.162 e. The molecule has 0 saturated heterocycles. The predicted molar refractivity (Wildman–Crippen MR) is 203 cm³/mol. The highest BCUT2D eigenvalue weighted by Gasteiger charge is 2.14. The van der Waals surface area contributed by atoms with Crippen LogP contribution in [0.25, 0.3) is 21.5 Å². The van der Waals surface area contributed by atoms with Crippen LogP contribution in [-0.4, -0.2) is 52.9 Å². The Bertz CT molecular complexity index is 2020. The molecule has 8 heteroatoms. The van der Waals surface area contributed by atoms with E-state index in [2.05, 4.69) is 13.2 Å². The molecule has 0 aromatic heterocycles. The minimum Gasteiger partial charge on any atom is -0.486 e. The van der Waals surface area contributed by atoms with E-state index >= 15 is 0 Å². The summed E-state index contributed by atoms with van der Waals surface area (Å²) in [6.45, 7) is 10.4. The number of ether oxygens (including phenoxy) is 8. The first kappa shape index (κ1) is 34.2. The third-order valence-electron chi connectivity index (χ3n) is 8.25. The summed E-state index contributed by atoms with van der Waals surface area (Å²) in [4.78, 5) is 0. The van der Waals surface area contributed by atoms with Crippen molar-refractivity contribution < 1.29 is 37.9 Å². The molecule has 1 aliphatic heterocycles. The maximum absolute atomic E-state index is 6.29. The number of hydrogen-bond donors (Lipinski definition) is 0. The van der Waals surface area contributed by atoms with Gasteiger partial charge in [0.15, 0.2) is 46.0 Å². The fraction of sp³-hybridized carbons (Fsp3) is 0.182. The molecular weight excluding hydrogens is 656 g/mol. The van der Waals surface area contributed by atoms with Crippen molar-refractivity contribution in [2.75, 3.05) is 52.9 Å². The molecule has 52 heavy (non-hydrogen) atoms. The summed E-state index contributed by atoms with van der Waals surface area (Å²) >= 11 is 0. The van der Waals surface area contributed by atoms with Gasteiger partial charge in [0.1, 0.15) is 52.9 Å². The zero-order chi connectivity index (χ0) is 35.5. The lowest BCUT2D eigenvalue weighted by atomic mass is 10.1. The minimum atomic E-state index is 0.223. The number of fused-ring (bicyclic) bond motifs is 6. The number of rotatable bonds is 0. The van der Waals surface area contributed by atoms with Crippen LogP contribution in [0.15, 0.2) is 146 Å². The highest BCUT2D eigenvalue weighted by atomic mass is 16.6. The lowest BCUT2D eigenvalue weighted by Gasteiger charge is -2.18. The second kappa shape index (κ2) is 16.6. The Hall–Kier alpha value is -6.28. The van der Waals surface area contributed by atoms with Gasteiger partial charge in [0.25, 0.3) is 0 Å². The first-order valence-corrected chi connectivity index (χ1v) is 17.2. The summed E-state index contributed by atoms with van der Waals surface area (Å²) in [6.07, 6.45) is 0. The van der Waals surface area contributed by atoms with Gasteiger partial charge in [-0.1, -0.05) is 86.0 Å². The molecule has 0 unspecified atom stereocenters. The van der Waals surface area contributed by atoms with E-state index in [9.17, 15) is 0 Å². The van der Waals surface area contributed by atoms with Gasteiger partial charge in [0, 0.05) is 0 Å². The molecule has 6 aromatic rings. The van der Waals surface area contributed by atoms with Crippen LogP contribution in [0.5, 0.6) is 46.0 Å². The van der Waals surface area contributed by atoms with Crippen molar-refractivity contribution in [2.45, 2.75) is 0 Å². The van der Waals surface area contributed by atoms with Crippen molar-refractivity contribution in [3.63, 3.8) is 0 Å². The van der Waals surface area contributed by atoms with Gasteiger partial charge in [-0.2, -0.15) is 0 Å². The van der Waals surface area contributed by atoms with E-state index < -0.39 is 0 Å². The Morgan fingerprint density at radius 1 is 0.288 bits per heavy atom. The minimum absolute atomic E-state index is 0.223. The van der Waals surface area contributed by atoms with Gasteiger partial charge in [-0.05, 0) is 81.2 Å². The average molecular weight is 697 g/mol. The zero-order valence-corrected chi connectivity index (χ0v) is 28.9. The summed E-state index contributed by atoms with van der Waals surface area (Å²) in [5, 5.41) is 4.14. The van der Waals surface area contributed by atoms with Gasteiger partial charge in [-0.15, -0.1) is 0 Å². The van der Waals surface area contributed by atoms with E-state index in [1.807, 2.05) is 121 Å². The van der Waals surface area contributed by atoms with Crippen molar-refractivity contribution in [3.8, 4) is 46.0 Å². The molecule has 6 aromatic carbocycles. The number of para-hydroxylation sites is 4. The van der Waals surface area contributed by atoms with Crippen LogP contribution in [-0.2, 0) is 0 Å². The molecule has 0 saturated carbocycles. The SMILES string of the molecule is C=C1COc2ccccc2OCCOc2cc3ccccc3cc2OCC(=C)COc2cc3ccccc3cc2OCCOc2ccccc2OC1. The van der Waals surface area contributed by atoms with Crippen LogP contribution in [0.4, 0.5) is 0 Å². The Morgan fingerprint density at radius 2 is 0.519 bits per heavy atom. The molecule has 0 bridgehead atoms. The fourth-order valence-corrected chi connectivity index (χ4v) is 5.63. The van der Waals surface area contributed by atoms with E-state index in [1.165, 1.54) is 0 Å². The Kier molecular flexibility index (Phi) is 10.9. The molecule has 1 aliphatic rings. The van der Waals surface area contributed by atoms with E-state index in [0.29, 0.717) is 46.0 Å². The molecule has 0 radical (unpaired) electrons. The molecular formula is C44H40O8. The molecule has 0 N–H and O–H groups in total. The van der Waals surface area contributed by atoms with E-state index in [0.717, 1.165) is 32.7 Å². The first-order chi connectivity index (χ1) is 25.6. The third kappa shape index (κ3) is 8.71. The fourth-order valence-electron chi connectivity index (χ4n) is 5.63. The molecule has 0 amide bonds. The molecule has 0 aliphatic carbocycles. The van der Waals surface area contributed by atoms with Crippen LogP contribution in [0.1, 0.15) is 0 Å². The average Bonchev–Trinajstić information content (AvgIpc) is 3.18. The Labute approximate surface area is 303 Å². The summed E-state index contributed by atoms with van der Waals surface area (Å²) in [5.41, 5.74) is 1.48. The van der Waals surface area contributed by atoms with Crippen molar-refractivity contribution >= 4 is 21.5 Å². The maximum atomic E-state index is 6.29. The molecule has 8 nitrogen and oxygen atoms in total. The summed E-state index contributed by atoms with van der Waals surface area (Å²) in [7, 11) is 0. The van der Waals surface area contributed by atoms with Gasteiger partial charge in [-0.25, -0.2) is 0 Å². The second-order valence-electron chi connectivity index (χ2n) is 12.2. The molecule has 264 valence electrons. The number of benzene rings is 6. The zero-order valence-electron chi connectivity index (χ0n) is 28.9. The van der Waals surface area contributed by atoms with Gasteiger partial charge < -0.3 is 37.9 Å². The van der Waals surface area contributed by atoms with Crippen LogP contribution in [0.3, 0.4) is 0 Å². The van der Waals surface area contributed by atoms with Gasteiger partial charge in [-0.3, -0.25) is 0 Å². The van der Waals surface area contributed by atoms with Crippen LogP contribution in [0, 0.1) is 0 Å². The highest BCUT2D eigenvalue weighted by Crippen LogP contribution is 2.35. The van der Waals surface area contributed by atoms with Crippen molar-refractivity contribution in [2.24, 2.45) is 0 Å². The number of hydrogen-bond acceptors (Lipinski definition) is 8. The molecule has 0 atom stereocenters. The predicted octanol–water partition coefficient (Wildman–Crippen LogP) is 9.25.